The Hall–Kier alpha value is -4.25. The van der Waals surface area contributed by atoms with Gasteiger partial charge in [-0.15, -0.1) is 0 Å². The average molecular weight is 548 g/mol. The molecule has 0 radical (unpaired) electrons. The molecule has 0 aliphatic heterocycles. The Morgan fingerprint density at radius 1 is 1.00 bits per heavy atom. The molecular weight excluding hydrogens is 527 g/mol. The minimum Gasteiger partial charge on any atom is -0.493 e. The zero-order valence-electron chi connectivity index (χ0n) is 20.3. The van der Waals surface area contributed by atoms with Crippen molar-refractivity contribution >= 4 is 34.3 Å². The number of ether oxygens (including phenoxy) is 4. The maximum Gasteiger partial charge on any atom is 0.416 e. The summed E-state index contributed by atoms with van der Waals surface area (Å²) in [6, 6.07) is 12.4. The molecule has 1 heterocycles. The lowest BCUT2D eigenvalue weighted by Crippen LogP contribution is -2.16. The van der Waals surface area contributed by atoms with E-state index in [1.807, 2.05) is 0 Å². The molecule has 8 nitrogen and oxygen atoms in total. The Morgan fingerprint density at radius 2 is 1.74 bits per heavy atom. The Labute approximate surface area is 220 Å². The fourth-order valence-corrected chi connectivity index (χ4v) is 3.77. The highest BCUT2D eigenvalue weighted by molar-refractivity contribution is 6.33. The van der Waals surface area contributed by atoms with E-state index < -0.39 is 23.9 Å². The highest BCUT2D eigenvalue weighted by atomic mass is 35.5. The molecular formula is C26H21ClF3N3O5. The third-order valence-corrected chi connectivity index (χ3v) is 5.78. The fourth-order valence-electron chi connectivity index (χ4n) is 3.55. The van der Waals surface area contributed by atoms with Crippen LogP contribution in [0.1, 0.15) is 24.2 Å². The van der Waals surface area contributed by atoms with Gasteiger partial charge in [0.25, 0.3) is 0 Å². The first-order valence-corrected chi connectivity index (χ1v) is 11.5. The van der Waals surface area contributed by atoms with Crippen molar-refractivity contribution < 1.29 is 36.9 Å². The van der Waals surface area contributed by atoms with Crippen LogP contribution in [0.3, 0.4) is 0 Å². The van der Waals surface area contributed by atoms with Crippen LogP contribution in [0.2, 0.25) is 5.02 Å². The largest absolute Gasteiger partial charge is 0.493 e. The van der Waals surface area contributed by atoms with Crippen molar-refractivity contribution in [3.8, 4) is 23.1 Å². The fraction of sp³-hybridized carbons (Fsp3) is 0.192. The van der Waals surface area contributed by atoms with E-state index in [1.54, 1.807) is 18.2 Å². The van der Waals surface area contributed by atoms with Crippen LogP contribution >= 0.6 is 11.6 Å². The monoisotopic (exact) mass is 547 g/mol. The van der Waals surface area contributed by atoms with E-state index in [2.05, 4.69) is 15.3 Å². The third kappa shape index (κ3) is 6.00. The van der Waals surface area contributed by atoms with E-state index in [0.29, 0.717) is 28.2 Å². The number of rotatable bonds is 7. The first kappa shape index (κ1) is 26.8. The van der Waals surface area contributed by atoms with E-state index in [9.17, 15) is 18.0 Å². The summed E-state index contributed by atoms with van der Waals surface area (Å²) in [4.78, 5) is 20.8. The Balaban J connectivity index is 1.47. The summed E-state index contributed by atoms with van der Waals surface area (Å²) in [5.41, 5.74) is 0.128. The van der Waals surface area contributed by atoms with Crippen LogP contribution in [0.4, 0.5) is 23.7 Å². The van der Waals surface area contributed by atoms with E-state index in [4.69, 9.17) is 30.5 Å². The molecule has 0 spiro atoms. The molecule has 0 fully saturated rings. The Morgan fingerprint density at radius 3 is 2.42 bits per heavy atom. The van der Waals surface area contributed by atoms with Crippen molar-refractivity contribution in [2.24, 2.45) is 0 Å². The van der Waals surface area contributed by atoms with Gasteiger partial charge in [0.2, 0.25) is 5.88 Å². The van der Waals surface area contributed by atoms with E-state index in [1.165, 1.54) is 51.7 Å². The van der Waals surface area contributed by atoms with Crippen molar-refractivity contribution in [1.29, 1.82) is 0 Å². The number of hydrogen-bond acceptors (Lipinski definition) is 7. The van der Waals surface area contributed by atoms with Crippen LogP contribution in [-0.4, -0.2) is 30.3 Å². The number of alkyl halides is 3. The van der Waals surface area contributed by atoms with Gasteiger partial charge in [-0.25, -0.2) is 14.8 Å². The van der Waals surface area contributed by atoms with Crippen LogP contribution in [0.15, 0.2) is 60.9 Å². The Bertz CT molecular complexity index is 1480. The van der Waals surface area contributed by atoms with Gasteiger partial charge in [-0.3, -0.25) is 5.32 Å². The maximum atomic E-state index is 13.0. The number of hydrogen-bond donors (Lipinski definition) is 1. The van der Waals surface area contributed by atoms with Crippen molar-refractivity contribution in [3.63, 3.8) is 0 Å². The summed E-state index contributed by atoms with van der Waals surface area (Å²) in [5, 5.41) is 3.17. The normalized spacial score (nSPS) is 12.1. The molecule has 0 bridgehead atoms. The number of carbonyl (C=O) groups excluding carboxylic acids is 1. The van der Waals surface area contributed by atoms with Gasteiger partial charge >= 0.3 is 12.3 Å². The van der Waals surface area contributed by atoms with Crippen LogP contribution < -0.4 is 19.5 Å². The predicted octanol–water partition coefficient (Wildman–Crippen LogP) is 7.42. The molecule has 0 saturated heterocycles. The molecule has 38 heavy (non-hydrogen) atoms. The number of halogens is 4. The lowest BCUT2D eigenvalue weighted by atomic mass is 10.1. The summed E-state index contributed by atoms with van der Waals surface area (Å²) in [6.45, 7) is 1.46. The highest BCUT2D eigenvalue weighted by Crippen LogP contribution is 2.37. The molecule has 3 aromatic carbocycles. The van der Waals surface area contributed by atoms with Crippen LogP contribution in [0.25, 0.3) is 10.9 Å². The number of methoxy groups -OCH3 is 2. The SMILES string of the molecule is COc1cc2ncnc(Oc3ccc(NC(=O)OC(C)c4cccc(C(F)(F)F)c4)c(Cl)c3)c2cc1OC. The van der Waals surface area contributed by atoms with Crippen LogP contribution in [0.5, 0.6) is 23.1 Å². The second kappa shape index (κ2) is 11.0. The summed E-state index contributed by atoms with van der Waals surface area (Å²) >= 11 is 6.33. The smallest absolute Gasteiger partial charge is 0.416 e. The number of anilines is 1. The van der Waals surface area contributed by atoms with E-state index >= 15 is 0 Å². The van der Waals surface area contributed by atoms with Crippen molar-refractivity contribution in [3.05, 3.63) is 77.1 Å². The number of nitrogens with zero attached hydrogens (tertiary/aromatic N) is 2. The van der Waals surface area contributed by atoms with Crippen molar-refractivity contribution in [1.82, 2.24) is 9.97 Å². The van der Waals surface area contributed by atoms with Crippen molar-refractivity contribution in [2.45, 2.75) is 19.2 Å². The summed E-state index contributed by atoms with van der Waals surface area (Å²) < 4.78 is 60.7. The molecule has 0 aliphatic carbocycles. The molecule has 198 valence electrons. The van der Waals surface area contributed by atoms with E-state index in [-0.39, 0.29) is 22.2 Å². The van der Waals surface area contributed by atoms with Gasteiger partial charge in [-0.05, 0) is 42.8 Å². The zero-order chi connectivity index (χ0) is 27.4. The molecule has 4 aromatic rings. The lowest BCUT2D eigenvalue weighted by Gasteiger charge is -2.16. The van der Waals surface area contributed by atoms with Gasteiger partial charge in [0, 0.05) is 12.1 Å². The number of nitrogens with one attached hydrogen (secondary N) is 1. The number of aromatic nitrogens is 2. The van der Waals surface area contributed by atoms with Crippen LogP contribution in [-0.2, 0) is 10.9 Å². The lowest BCUT2D eigenvalue weighted by molar-refractivity contribution is -0.137. The summed E-state index contributed by atoms with van der Waals surface area (Å²) in [5.74, 6) is 1.52. The molecule has 1 aromatic heterocycles. The van der Waals surface area contributed by atoms with E-state index in [0.717, 1.165) is 12.1 Å². The van der Waals surface area contributed by atoms with Gasteiger partial charge in [0.15, 0.2) is 11.5 Å². The standard InChI is InChI=1S/C26H21ClF3N3O5/c1-14(15-5-4-6-16(9-15)26(28,29)30)37-25(34)33-20-8-7-17(10-19(20)27)38-24-18-11-22(35-2)23(36-3)12-21(18)31-13-32-24/h4-14H,1-3H3,(H,33,34). The predicted molar refractivity (Wildman–Crippen MR) is 134 cm³/mol. The molecule has 1 unspecified atom stereocenters. The number of amides is 1. The molecule has 4 rings (SSSR count). The zero-order valence-corrected chi connectivity index (χ0v) is 21.1. The first-order valence-electron chi connectivity index (χ1n) is 11.1. The second-order valence-electron chi connectivity index (χ2n) is 7.94. The highest BCUT2D eigenvalue weighted by Gasteiger charge is 2.31. The molecule has 12 heteroatoms. The molecule has 1 N–H and O–H groups in total. The van der Waals surface area contributed by atoms with Gasteiger partial charge < -0.3 is 18.9 Å². The quantitative estimate of drug-likeness (QED) is 0.257. The topological polar surface area (TPSA) is 91.8 Å². The third-order valence-electron chi connectivity index (χ3n) is 5.46. The van der Waals surface area contributed by atoms with Gasteiger partial charge in [-0.2, -0.15) is 13.2 Å². The first-order chi connectivity index (χ1) is 18.1. The Kier molecular flexibility index (Phi) is 7.77. The summed E-state index contributed by atoms with van der Waals surface area (Å²) in [7, 11) is 3.02. The minimum absolute atomic E-state index is 0.129. The van der Waals surface area contributed by atoms with Crippen LogP contribution in [0, 0.1) is 0 Å². The number of carbonyl (C=O) groups is 1. The molecule has 1 amide bonds. The number of benzene rings is 3. The van der Waals surface area contributed by atoms with Gasteiger partial charge in [0.05, 0.1) is 41.4 Å². The molecule has 0 saturated carbocycles. The summed E-state index contributed by atoms with van der Waals surface area (Å²) in [6.07, 6.45) is -5.01. The second-order valence-corrected chi connectivity index (χ2v) is 8.35. The molecule has 1 atom stereocenters. The van der Waals surface area contributed by atoms with Gasteiger partial charge in [0.1, 0.15) is 18.2 Å². The number of fused-ring (bicyclic) bond motifs is 1. The van der Waals surface area contributed by atoms with Crippen molar-refractivity contribution in [2.75, 3.05) is 19.5 Å². The minimum atomic E-state index is -4.51. The molecule has 0 aliphatic rings. The maximum absolute atomic E-state index is 13.0. The average Bonchev–Trinajstić information content (AvgIpc) is 2.89. The van der Waals surface area contributed by atoms with Gasteiger partial charge in [-0.1, -0.05) is 23.7 Å².